The molecule has 92 valence electrons. The zero-order valence-electron chi connectivity index (χ0n) is 8.57. The number of halogens is 4. The highest BCUT2D eigenvalue weighted by Crippen LogP contribution is 2.09. The van der Waals surface area contributed by atoms with Crippen molar-refractivity contribution in [3.63, 3.8) is 0 Å². The molecule has 0 amide bonds. The summed E-state index contributed by atoms with van der Waals surface area (Å²) in [6.45, 7) is 4.41. The molecule has 0 saturated heterocycles. The van der Waals surface area contributed by atoms with Gasteiger partial charge in [-0.25, -0.2) is 4.98 Å². The maximum Gasteiger partial charge on any atom is 0.673 e. The van der Waals surface area contributed by atoms with E-state index in [0.29, 0.717) is 12.6 Å². The van der Waals surface area contributed by atoms with Crippen LogP contribution in [0.5, 0.6) is 0 Å². The van der Waals surface area contributed by atoms with Crippen LogP contribution >= 0.6 is 0 Å². The number of rotatable bonds is 4. The van der Waals surface area contributed by atoms with E-state index >= 15 is 0 Å². The van der Waals surface area contributed by atoms with Crippen LogP contribution in [0.3, 0.4) is 0 Å². The number of nitrogens with zero attached hydrogens (tertiary/aromatic N) is 2. The highest BCUT2D eigenvalue weighted by molar-refractivity contribution is 6.50. The molecular formula is C8H13BF4N3-. The minimum absolute atomic E-state index is 0.294. The van der Waals surface area contributed by atoms with Gasteiger partial charge in [-0.1, -0.05) is 6.08 Å². The molecule has 0 saturated carbocycles. The Balaban J connectivity index is 0.000000385. The van der Waals surface area contributed by atoms with Gasteiger partial charge in [-0.15, -0.1) is 6.58 Å². The van der Waals surface area contributed by atoms with E-state index in [0.717, 1.165) is 6.42 Å². The normalized spacial score (nSPS) is 12.6. The highest BCUT2D eigenvalue weighted by Gasteiger charge is 2.20. The van der Waals surface area contributed by atoms with E-state index in [-0.39, 0.29) is 0 Å². The van der Waals surface area contributed by atoms with E-state index in [4.69, 9.17) is 5.73 Å². The van der Waals surface area contributed by atoms with Crippen molar-refractivity contribution in [3.05, 3.63) is 31.4 Å². The molecule has 3 nitrogen and oxygen atoms in total. The Kier molecular flexibility index (Phi) is 6.47. The second-order valence-electron chi connectivity index (χ2n) is 2.89. The molecule has 0 aliphatic rings. The number of imidazole rings is 1. The van der Waals surface area contributed by atoms with Crippen molar-refractivity contribution in [2.45, 2.75) is 12.5 Å². The summed E-state index contributed by atoms with van der Waals surface area (Å²) in [6.07, 6.45) is 8.26. The van der Waals surface area contributed by atoms with Crippen LogP contribution in [-0.2, 0) is 0 Å². The van der Waals surface area contributed by atoms with Gasteiger partial charge in [0.05, 0.1) is 12.4 Å². The second-order valence-corrected chi connectivity index (χ2v) is 2.89. The molecule has 1 aromatic rings. The number of allylic oxidation sites excluding steroid dienone is 1. The molecule has 1 atom stereocenters. The van der Waals surface area contributed by atoms with Crippen LogP contribution < -0.4 is 5.73 Å². The molecule has 0 radical (unpaired) electrons. The molecule has 0 spiro atoms. The van der Waals surface area contributed by atoms with Crippen molar-refractivity contribution >= 4 is 7.25 Å². The summed E-state index contributed by atoms with van der Waals surface area (Å²) < 4.78 is 41.0. The Hall–Kier alpha value is -1.31. The maximum atomic E-state index is 9.75. The number of hydrogen-bond donors (Lipinski definition) is 1. The molecule has 8 heteroatoms. The molecule has 0 aromatic carbocycles. The van der Waals surface area contributed by atoms with Crippen LogP contribution in [0, 0.1) is 0 Å². The van der Waals surface area contributed by atoms with Crippen LogP contribution in [0.1, 0.15) is 12.5 Å². The lowest BCUT2D eigenvalue weighted by molar-refractivity contribution is 0.368. The molecule has 0 aliphatic heterocycles. The zero-order chi connectivity index (χ0) is 12.6. The third kappa shape index (κ3) is 8.04. The Labute approximate surface area is 91.1 Å². The van der Waals surface area contributed by atoms with Crippen molar-refractivity contribution < 1.29 is 17.3 Å². The van der Waals surface area contributed by atoms with Crippen molar-refractivity contribution in [2.24, 2.45) is 5.73 Å². The summed E-state index contributed by atoms with van der Waals surface area (Å²) in [6, 6.07) is 0.294. The maximum absolute atomic E-state index is 9.75. The fraction of sp³-hybridized carbons (Fsp3) is 0.375. The molecule has 1 rings (SSSR count). The monoisotopic (exact) mass is 238 g/mol. The first-order valence-electron chi connectivity index (χ1n) is 4.56. The molecule has 1 heterocycles. The third-order valence-corrected chi connectivity index (χ3v) is 1.64. The van der Waals surface area contributed by atoms with Crippen LogP contribution in [0.2, 0.25) is 0 Å². The first-order valence-corrected chi connectivity index (χ1v) is 4.56. The number of hydrogen-bond acceptors (Lipinski definition) is 2. The fourth-order valence-corrected chi connectivity index (χ4v) is 1.03. The van der Waals surface area contributed by atoms with E-state index in [1.807, 2.05) is 16.8 Å². The minimum atomic E-state index is -6.00. The molecule has 0 aliphatic carbocycles. The lowest BCUT2D eigenvalue weighted by atomic mass is 10.2. The second kappa shape index (κ2) is 7.05. The summed E-state index contributed by atoms with van der Waals surface area (Å²) in [5.74, 6) is 0. The van der Waals surface area contributed by atoms with Gasteiger partial charge >= 0.3 is 7.25 Å². The summed E-state index contributed by atoms with van der Waals surface area (Å²) in [4.78, 5) is 3.95. The summed E-state index contributed by atoms with van der Waals surface area (Å²) in [7, 11) is -6.00. The van der Waals surface area contributed by atoms with Crippen LogP contribution in [0.25, 0.3) is 0 Å². The minimum Gasteiger partial charge on any atom is -0.418 e. The molecular weight excluding hydrogens is 225 g/mol. The first-order chi connectivity index (χ1) is 7.38. The lowest BCUT2D eigenvalue weighted by Crippen LogP contribution is -2.10. The van der Waals surface area contributed by atoms with E-state index in [9.17, 15) is 17.3 Å². The van der Waals surface area contributed by atoms with E-state index in [1.54, 1.807) is 12.5 Å². The van der Waals surface area contributed by atoms with Gasteiger partial charge in [-0.2, -0.15) is 0 Å². The van der Waals surface area contributed by atoms with Gasteiger partial charge in [0.15, 0.2) is 0 Å². The van der Waals surface area contributed by atoms with Crippen LogP contribution in [0.4, 0.5) is 17.3 Å². The smallest absolute Gasteiger partial charge is 0.418 e. The van der Waals surface area contributed by atoms with Gasteiger partial charge in [0.2, 0.25) is 0 Å². The molecule has 1 aromatic heterocycles. The van der Waals surface area contributed by atoms with Gasteiger partial charge < -0.3 is 27.6 Å². The number of nitrogens with two attached hydrogens (primary N) is 1. The quantitative estimate of drug-likeness (QED) is 0.496. The van der Waals surface area contributed by atoms with Crippen molar-refractivity contribution in [3.8, 4) is 0 Å². The van der Waals surface area contributed by atoms with Crippen molar-refractivity contribution in [1.29, 1.82) is 0 Å². The fourth-order valence-electron chi connectivity index (χ4n) is 1.03. The van der Waals surface area contributed by atoms with E-state index in [1.165, 1.54) is 0 Å². The lowest BCUT2D eigenvalue weighted by Gasteiger charge is -2.11. The van der Waals surface area contributed by atoms with Gasteiger partial charge in [0, 0.05) is 12.4 Å². The SMILES string of the molecule is C=CC(CCN)n1ccnc1.F[B-](F)(F)F. The standard InChI is InChI=1S/C8H13N3.BF4/c1-2-8(3-4-9)11-6-5-10-7-11;2-1(3,4)5/h2,5-8H,1,3-4,9H2;/q;-1. The molecule has 2 N–H and O–H groups in total. The predicted octanol–water partition coefficient (Wildman–Crippen LogP) is 2.26. The molecule has 0 bridgehead atoms. The van der Waals surface area contributed by atoms with Crippen LogP contribution in [-0.4, -0.2) is 23.4 Å². The Morgan fingerprint density at radius 2 is 2.00 bits per heavy atom. The van der Waals surface area contributed by atoms with E-state index in [2.05, 4.69) is 11.6 Å². The van der Waals surface area contributed by atoms with Crippen molar-refractivity contribution in [1.82, 2.24) is 9.55 Å². The average Bonchev–Trinajstić information content (AvgIpc) is 2.64. The van der Waals surface area contributed by atoms with E-state index < -0.39 is 7.25 Å². The first kappa shape index (κ1) is 14.7. The highest BCUT2D eigenvalue weighted by atomic mass is 19.5. The molecule has 1 unspecified atom stereocenters. The topological polar surface area (TPSA) is 43.8 Å². The van der Waals surface area contributed by atoms with Gasteiger partial charge in [-0.05, 0) is 13.0 Å². The van der Waals surface area contributed by atoms with Gasteiger partial charge in [-0.3, -0.25) is 0 Å². The summed E-state index contributed by atoms with van der Waals surface area (Å²) >= 11 is 0. The molecule has 16 heavy (non-hydrogen) atoms. The Morgan fingerprint density at radius 1 is 1.44 bits per heavy atom. The zero-order valence-corrected chi connectivity index (χ0v) is 8.57. The third-order valence-electron chi connectivity index (χ3n) is 1.64. The summed E-state index contributed by atoms with van der Waals surface area (Å²) in [5.41, 5.74) is 5.43. The number of aromatic nitrogens is 2. The summed E-state index contributed by atoms with van der Waals surface area (Å²) in [5, 5.41) is 0. The predicted molar refractivity (Wildman–Crippen MR) is 55.3 cm³/mol. The van der Waals surface area contributed by atoms with Gasteiger partial charge in [0.1, 0.15) is 0 Å². The van der Waals surface area contributed by atoms with Crippen LogP contribution in [0.15, 0.2) is 31.4 Å². The molecule has 0 fully saturated rings. The van der Waals surface area contributed by atoms with Crippen molar-refractivity contribution in [2.75, 3.05) is 6.54 Å². The Bertz CT molecular complexity index is 280. The largest absolute Gasteiger partial charge is 0.673 e. The average molecular weight is 238 g/mol. The Morgan fingerprint density at radius 3 is 2.31 bits per heavy atom. The van der Waals surface area contributed by atoms with Gasteiger partial charge in [0.25, 0.3) is 0 Å².